The summed E-state index contributed by atoms with van der Waals surface area (Å²) in [4.78, 5) is 44.7. The lowest BCUT2D eigenvalue weighted by molar-refractivity contribution is -0.123. The van der Waals surface area contributed by atoms with Crippen LogP contribution in [0.3, 0.4) is 0 Å². The number of imide groups is 1. The predicted molar refractivity (Wildman–Crippen MR) is 111 cm³/mol. The first-order valence-corrected chi connectivity index (χ1v) is 10.5. The van der Waals surface area contributed by atoms with Gasteiger partial charge in [0, 0.05) is 45.0 Å². The molecule has 3 heterocycles. The summed E-state index contributed by atoms with van der Waals surface area (Å²) in [5, 5.41) is 0. The van der Waals surface area contributed by atoms with E-state index in [1.54, 1.807) is 11.8 Å². The number of carbonyl (C=O) groups is 3. The maximum absolute atomic E-state index is 13.1. The van der Waals surface area contributed by atoms with Gasteiger partial charge in [-0.2, -0.15) is 0 Å². The van der Waals surface area contributed by atoms with Crippen LogP contribution < -0.4 is 9.80 Å². The molecule has 0 saturated carbocycles. The normalized spacial score (nSPS) is 23.2. The van der Waals surface area contributed by atoms with E-state index in [-0.39, 0.29) is 24.3 Å². The van der Waals surface area contributed by atoms with Gasteiger partial charge in [0.1, 0.15) is 0 Å². The van der Waals surface area contributed by atoms with Crippen LogP contribution in [0.25, 0.3) is 0 Å². The lowest BCUT2D eigenvalue weighted by atomic mass is 10.2. The van der Waals surface area contributed by atoms with E-state index in [4.69, 9.17) is 9.47 Å². The maximum atomic E-state index is 13.1. The second-order valence-corrected chi connectivity index (χ2v) is 7.63. The van der Waals surface area contributed by atoms with Gasteiger partial charge in [-0.15, -0.1) is 0 Å². The van der Waals surface area contributed by atoms with Crippen LogP contribution in [0.15, 0.2) is 24.3 Å². The minimum Gasteiger partial charge on any atom is -0.450 e. The van der Waals surface area contributed by atoms with E-state index in [1.165, 1.54) is 4.90 Å². The molecule has 0 N–H and O–H groups in total. The summed E-state index contributed by atoms with van der Waals surface area (Å²) in [6, 6.07) is 7.10. The average Bonchev–Trinajstić information content (AvgIpc) is 3.08. The molecule has 0 spiro atoms. The highest BCUT2D eigenvalue weighted by Crippen LogP contribution is 2.28. The quantitative estimate of drug-likeness (QED) is 0.676. The predicted octanol–water partition coefficient (Wildman–Crippen LogP) is 0.929. The molecule has 1 unspecified atom stereocenters. The third kappa shape index (κ3) is 4.13. The largest absolute Gasteiger partial charge is 0.450 e. The number of morpholine rings is 1. The van der Waals surface area contributed by atoms with E-state index in [2.05, 4.69) is 4.90 Å². The van der Waals surface area contributed by atoms with Gasteiger partial charge >= 0.3 is 6.09 Å². The summed E-state index contributed by atoms with van der Waals surface area (Å²) in [6.07, 6.45) is -0.156. The molecule has 3 saturated heterocycles. The molecule has 4 rings (SSSR count). The Morgan fingerprint density at radius 1 is 1.00 bits per heavy atom. The third-order valence-electron chi connectivity index (χ3n) is 5.89. The fourth-order valence-corrected chi connectivity index (χ4v) is 4.24. The van der Waals surface area contributed by atoms with Crippen LogP contribution >= 0.6 is 0 Å². The average molecular weight is 416 g/mol. The van der Waals surface area contributed by atoms with Gasteiger partial charge in [0.25, 0.3) is 5.91 Å². The molecule has 0 bridgehead atoms. The number of nitrogens with zero attached hydrogens (tertiary/aromatic N) is 4. The van der Waals surface area contributed by atoms with Crippen molar-refractivity contribution in [2.45, 2.75) is 19.4 Å². The number of carbonyl (C=O) groups excluding carboxylic acids is 3. The number of rotatable bonds is 4. The van der Waals surface area contributed by atoms with E-state index in [1.807, 2.05) is 29.2 Å². The topological polar surface area (TPSA) is 82.6 Å². The molecule has 3 aliphatic heterocycles. The number of hydrogen-bond acceptors (Lipinski definition) is 7. The number of piperazine rings is 1. The second kappa shape index (κ2) is 9.01. The van der Waals surface area contributed by atoms with Crippen molar-refractivity contribution in [3.8, 4) is 0 Å². The zero-order chi connectivity index (χ0) is 21.1. The monoisotopic (exact) mass is 416 g/mol. The minimum absolute atomic E-state index is 0.170. The molecule has 3 fully saturated rings. The van der Waals surface area contributed by atoms with Crippen LogP contribution in [0.1, 0.15) is 13.3 Å². The van der Waals surface area contributed by atoms with Crippen molar-refractivity contribution < 1.29 is 23.9 Å². The number of benzene rings is 1. The van der Waals surface area contributed by atoms with Gasteiger partial charge in [-0.3, -0.25) is 14.5 Å². The Balaban J connectivity index is 1.39. The highest BCUT2D eigenvalue weighted by molar-refractivity contribution is 6.22. The van der Waals surface area contributed by atoms with Crippen molar-refractivity contribution in [1.29, 1.82) is 0 Å². The molecule has 0 aliphatic carbocycles. The molecule has 3 aliphatic rings. The van der Waals surface area contributed by atoms with Crippen LogP contribution in [0.2, 0.25) is 0 Å². The lowest BCUT2D eigenvalue weighted by Crippen LogP contribution is -2.54. The molecule has 1 atom stereocenters. The lowest BCUT2D eigenvalue weighted by Gasteiger charge is -2.36. The summed E-state index contributed by atoms with van der Waals surface area (Å²) >= 11 is 0. The number of amides is 3. The standard InChI is InChI=1S/C21H28N4O5/c1-2-30-21(28)24-9-7-23(8-10-24)18-15-19(26)25(20(18)27)17-5-3-16(4-6-17)22-11-13-29-14-12-22/h3-6,18H,2,7-15H2,1H3. The highest BCUT2D eigenvalue weighted by atomic mass is 16.6. The fraction of sp³-hybridized carbons (Fsp3) is 0.571. The fourth-order valence-electron chi connectivity index (χ4n) is 4.24. The molecule has 30 heavy (non-hydrogen) atoms. The van der Waals surface area contributed by atoms with E-state index in [9.17, 15) is 14.4 Å². The minimum atomic E-state index is -0.472. The Kier molecular flexibility index (Phi) is 6.19. The van der Waals surface area contributed by atoms with Gasteiger partial charge in [0.15, 0.2) is 0 Å². The van der Waals surface area contributed by atoms with Crippen molar-refractivity contribution in [3.63, 3.8) is 0 Å². The molecule has 1 aromatic carbocycles. The SMILES string of the molecule is CCOC(=O)N1CCN(C2CC(=O)N(c3ccc(N4CCOCC4)cc3)C2=O)CC1. The molecule has 9 heteroatoms. The zero-order valence-electron chi connectivity index (χ0n) is 17.3. The summed E-state index contributed by atoms with van der Waals surface area (Å²) in [5.74, 6) is -0.374. The zero-order valence-corrected chi connectivity index (χ0v) is 17.3. The highest BCUT2D eigenvalue weighted by Gasteiger charge is 2.43. The Morgan fingerprint density at radius 3 is 2.27 bits per heavy atom. The van der Waals surface area contributed by atoms with E-state index < -0.39 is 6.04 Å². The van der Waals surface area contributed by atoms with Crippen LogP contribution in [0.4, 0.5) is 16.2 Å². The van der Waals surface area contributed by atoms with E-state index in [0.717, 1.165) is 18.8 Å². The first-order valence-electron chi connectivity index (χ1n) is 10.5. The molecule has 0 radical (unpaired) electrons. The Labute approximate surface area is 176 Å². The third-order valence-corrected chi connectivity index (χ3v) is 5.89. The maximum Gasteiger partial charge on any atom is 0.409 e. The number of ether oxygens (including phenoxy) is 2. The number of hydrogen-bond donors (Lipinski definition) is 0. The van der Waals surface area contributed by atoms with Gasteiger partial charge in [-0.05, 0) is 31.2 Å². The Hall–Kier alpha value is -2.65. The summed E-state index contributed by atoms with van der Waals surface area (Å²) in [6.45, 7) is 7.27. The van der Waals surface area contributed by atoms with Gasteiger partial charge < -0.3 is 19.3 Å². The molecule has 0 aromatic heterocycles. The summed E-state index contributed by atoms with van der Waals surface area (Å²) in [7, 11) is 0. The molecule has 3 amide bonds. The van der Waals surface area contributed by atoms with Crippen LogP contribution in [-0.2, 0) is 19.1 Å². The van der Waals surface area contributed by atoms with Crippen molar-refractivity contribution in [2.24, 2.45) is 0 Å². The van der Waals surface area contributed by atoms with Crippen LogP contribution in [0.5, 0.6) is 0 Å². The van der Waals surface area contributed by atoms with Gasteiger partial charge in [0.05, 0.1) is 38.0 Å². The Morgan fingerprint density at radius 2 is 1.63 bits per heavy atom. The van der Waals surface area contributed by atoms with Gasteiger partial charge in [-0.25, -0.2) is 9.69 Å². The summed E-state index contributed by atoms with van der Waals surface area (Å²) < 4.78 is 10.4. The first-order chi connectivity index (χ1) is 14.6. The van der Waals surface area contributed by atoms with Crippen molar-refractivity contribution >= 4 is 29.3 Å². The van der Waals surface area contributed by atoms with Crippen molar-refractivity contribution in [1.82, 2.24) is 9.80 Å². The summed E-state index contributed by atoms with van der Waals surface area (Å²) in [5.41, 5.74) is 1.67. The first kappa shape index (κ1) is 20.6. The smallest absolute Gasteiger partial charge is 0.409 e. The molecular formula is C21H28N4O5. The molecule has 1 aromatic rings. The van der Waals surface area contributed by atoms with E-state index in [0.29, 0.717) is 51.7 Å². The van der Waals surface area contributed by atoms with Gasteiger partial charge in [0.2, 0.25) is 5.91 Å². The van der Waals surface area contributed by atoms with Crippen molar-refractivity contribution in [2.75, 3.05) is 68.9 Å². The van der Waals surface area contributed by atoms with E-state index >= 15 is 0 Å². The Bertz CT molecular complexity index is 785. The second-order valence-electron chi connectivity index (χ2n) is 7.63. The molecule has 9 nitrogen and oxygen atoms in total. The van der Waals surface area contributed by atoms with Crippen LogP contribution in [0, 0.1) is 0 Å². The molecular weight excluding hydrogens is 388 g/mol. The number of anilines is 2. The van der Waals surface area contributed by atoms with Crippen LogP contribution in [-0.4, -0.2) is 92.8 Å². The molecule has 162 valence electrons. The van der Waals surface area contributed by atoms with Gasteiger partial charge in [-0.1, -0.05) is 0 Å². The van der Waals surface area contributed by atoms with Crippen molar-refractivity contribution in [3.05, 3.63) is 24.3 Å².